The Morgan fingerprint density at radius 3 is 1.90 bits per heavy atom. The standard InChI is InChI=1S/C33H60O15S/c1-17(11-19(3)13-33(8,9)16-32(5,6)7)10-18(2)12-20(4)29(40)46-27-24(37)22(15-35)44-30(26(27)39)47-31-28(48-49(41,42)43)25(38)23(36)21(14-34)45-31/h12,17-19,21-28,30-31,34-39H,10-11,13-16H2,1-9H3,(H,41,42,43)/b20-12+. The van der Waals surface area contributed by atoms with Crippen LogP contribution in [0.3, 0.4) is 0 Å². The summed E-state index contributed by atoms with van der Waals surface area (Å²) in [5.41, 5.74) is 0.671. The number of hydrogen-bond acceptors (Lipinski definition) is 14. The summed E-state index contributed by atoms with van der Waals surface area (Å²) in [4.78, 5) is 13.1. The van der Waals surface area contributed by atoms with Crippen LogP contribution in [-0.2, 0) is 38.3 Å². The smallest absolute Gasteiger partial charge is 0.397 e. The minimum Gasteiger partial charge on any atom is -0.453 e. The molecule has 2 aliphatic heterocycles. The van der Waals surface area contributed by atoms with Crippen molar-refractivity contribution in [2.75, 3.05) is 13.2 Å². The van der Waals surface area contributed by atoms with Crippen LogP contribution < -0.4 is 0 Å². The van der Waals surface area contributed by atoms with E-state index in [1.807, 2.05) is 6.92 Å². The molecule has 0 spiro atoms. The Labute approximate surface area is 290 Å². The molecule has 0 saturated carbocycles. The van der Waals surface area contributed by atoms with E-state index < -0.39 is 91.0 Å². The number of carbonyl (C=O) groups is 1. The molecular weight excluding hydrogens is 668 g/mol. The lowest BCUT2D eigenvalue weighted by Crippen LogP contribution is -2.64. The number of rotatable bonds is 16. The van der Waals surface area contributed by atoms with Crippen molar-refractivity contribution in [3.05, 3.63) is 11.6 Å². The predicted molar refractivity (Wildman–Crippen MR) is 176 cm³/mol. The van der Waals surface area contributed by atoms with E-state index in [0.29, 0.717) is 11.8 Å². The molecule has 0 aromatic carbocycles. The molecule has 16 heteroatoms. The lowest BCUT2D eigenvalue weighted by atomic mass is 9.71. The van der Waals surface area contributed by atoms with Gasteiger partial charge in [-0.05, 0) is 61.2 Å². The molecule has 2 aliphatic rings. The normalized spacial score (nSPS) is 33.9. The summed E-state index contributed by atoms with van der Waals surface area (Å²) in [5, 5.41) is 61.7. The van der Waals surface area contributed by atoms with Gasteiger partial charge in [0.25, 0.3) is 0 Å². The van der Waals surface area contributed by atoms with Gasteiger partial charge in [-0.25, -0.2) is 8.98 Å². The van der Waals surface area contributed by atoms with Crippen LogP contribution in [0.4, 0.5) is 0 Å². The van der Waals surface area contributed by atoms with E-state index >= 15 is 0 Å². The molecule has 7 N–H and O–H groups in total. The van der Waals surface area contributed by atoms with Crippen molar-refractivity contribution in [3.63, 3.8) is 0 Å². The zero-order chi connectivity index (χ0) is 37.6. The molecule has 0 aromatic rings. The predicted octanol–water partition coefficient (Wildman–Crippen LogP) is 1.47. The summed E-state index contributed by atoms with van der Waals surface area (Å²) in [6, 6.07) is 0. The van der Waals surface area contributed by atoms with Gasteiger partial charge in [0.2, 0.25) is 0 Å². The average molecular weight is 729 g/mol. The highest BCUT2D eigenvalue weighted by molar-refractivity contribution is 7.80. The first-order chi connectivity index (χ1) is 22.4. The average Bonchev–Trinajstić information content (AvgIpc) is 2.93. The lowest BCUT2D eigenvalue weighted by Gasteiger charge is -2.45. The summed E-state index contributed by atoms with van der Waals surface area (Å²) in [6.45, 7) is 17.7. The van der Waals surface area contributed by atoms with Gasteiger partial charge in [-0.15, -0.1) is 0 Å². The number of carbonyl (C=O) groups excluding carboxylic acids is 1. The van der Waals surface area contributed by atoms with Gasteiger partial charge < -0.3 is 49.6 Å². The summed E-state index contributed by atoms with van der Waals surface area (Å²) in [7, 11) is -5.24. The third-order valence-electron chi connectivity index (χ3n) is 8.74. The van der Waals surface area contributed by atoms with Crippen molar-refractivity contribution in [1.82, 2.24) is 0 Å². The first-order valence-electron chi connectivity index (χ1n) is 16.8. The fourth-order valence-electron chi connectivity index (χ4n) is 7.58. The highest BCUT2D eigenvalue weighted by Gasteiger charge is 2.53. The van der Waals surface area contributed by atoms with Gasteiger partial charge in [0.1, 0.15) is 36.6 Å². The van der Waals surface area contributed by atoms with Gasteiger partial charge >= 0.3 is 16.4 Å². The van der Waals surface area contributed by atoms with Crippen molar-refractivity contribution in [1.29, 1.82) is 0 Å². The molecule has 13 atom stereocenters. The van der Waals surface area contributed by atoms with Gasteiger partial charge in [-0.2, -0.15) is 8.42 Å². The molecular formula is C33H60O15S. The summed E-state index contributed by atoms with van der Waals surface area (Å²) < 4.78 is 58.1. The zero-order valence-corrected chi connectivity index (χ0v) is 30.9. The molecule has 15 nitrogen and oxygen atoms in total. The Kier molecular flexibility index (Phi) is 16.1. The highest BCUT2D eigenvalue weighted by atomic mass is 32.3. The Bertz CT molecular complexity index is 1180. The molecule has 2 rings (SSSR count). The van der Waals surface area contributed by atoms with E-state index in [9.17, 15) is 48.4 Å². The van der Waals surface area contributed by atoms with E-state index in [1.54, 1.807) is 6.08 Å². The number of esters is 1. The van der Waals surface area contributed by atoms with Gasteiger partial charge in [-0.1, -0.05) is 61.5 Å². The Morgan fingerprint density at radius 1 is 0.816 bits per heavy atom. The van der Waals surface area contributed by atoms with E-state index in [1.165, 1.54) is 6.92 Å². The van der Waals surface area contributed by atoms with Crippen LogP contribution in [0.1, 0.15) is 88.0 Å². The number of ether oxygens (including phenoxy) is 4. The molecule has 0 bridgehead atoms. The number of aliphatic hydroxyl groups is 6. The second-order valence-electron chi connectivity index (χ2n) is 16.0. The van der Waals surface area contributed by atoms with Crippen LogP contribution in [0, 0.1) is 28.6 Å². The second kappa shape index (κ2) is 18.0. The third-order valence-corrected chi connectivity index (χ3v) is 9.20. The number of aliphatic hydroxyl groups excluding tert-OH is 6. The molecule has 0 aliphatic carbocycles. The SMILES string of the molecule is C/C(=C\C(C)CC(C)CC(C)CC(C)(C)CC(C)(C)C)C(=O)OC1C(O)C(CO)OC(OC2OC(CO)C(O)C(O)C2OS(=O)(=O)O)C1O. The van der Waals surface area contributed by atoms with Crippen LogP contribution in [0.5, 0.6) is 0 Å². The van der Waals surface area contributed by atoms with Crippen LogP contribution in [0.15, 0.2) is 11.6 Å². The summed E-state index contributed by atoms with van der Waals surface area (Å²) in [5.74, 6) is 0.0150. The first kappa shape index (κ1) is 43.9. The minimum absolute atomic E-state index is 0.00687. The molecule has 0 amide bonds. The number of allylic oxidation sites excluding steroid dienone is 1. The summed E-state index contributed by atoms with van der Waals surface area (Å²) >= 11 is 0. The Morgan fingerprint density at radius 2 is 1.37 bits per heavy atom. The fraction of sp³-hybridized carbons (Fsp3) is 0.909. The van der Waals surface area contributed by atoms with Crippen LogP contribution >= 0.6 is 0 Å². The molecule has 2 saturated heterocycles. The van der Waals surface area contributed by atoms with Crippen molar-refractivity contribution < 1.29 is 71.5 Å². The van der Waals surface area contributed by atoms with Crippen molar-refractivity contribution in [2.45, 2.75) is 149 Å². The van der Waals surface area contributed by atoms with Crippen LogP contribution in [0.2, 0.25) is 0 Å². The molecule has 0 aromatic heterocycles. The fourth-order valence-corrected chi connectivity index (χ4v) is 8.06. The highest BCUT2D eigenvalue weighted by Crippen LogP contribution is 2.39. The number of hydrogen-bond donors (Lipinski definition) is 7. The molecule has 13 unspecified atom stereocenters. The third kappa shape index (κ3) is 13.7. The molecule has 2 heterocycles. The molecule has 49 heavy (non-hydrogen) atoms. The maximum atomic E-state index is 13.1. The van der Waals surface area contributed by atoms with E-state index in [-0.39, 0.29) is 22.3 Å². The largest absolute Gasteiger partial charge is 0.453 e. The summed E-state index contributed by atoms with van der Waals surface area (Å²) in [6.07, 6.45) is -12.5. The minimum atomic E-state index is -5.24. The van der Waals surface area contributed by atoms with E-state index in [4.69, 9.17) is 18.9 Å². The quantitative estimate of drug-likeness (QED) is 0.0677. The lowest BCUT2D eigenvalue weighted by molar-refractivity contribution is -0.374. The second-order valence-corrected chi connectivity index (χ2v) is 17.1. The van der Waals surface area contributed by atoms with Crippen LogP contribution in [0.25, 0.3) is 0 Å². The maximum Gasteiger partial charge on any atom is 0.397 e. The van der Waals surface area contributed by atoms with Crippen molar-refractivity contribution in [2.24, 2.45) is 28.6 Å². The molecule has 288 valence electrons. The van der Waals surface area contributed by atoms with Gasteiger partial charge in [0.15, 0.2) is 24.8 Å². The van der Waals surface area contributed by atoms with Gasteiger partial charge in [0.05, 0.1) is 13.2 Å². The first-order valence-corrected chi connectivity index (χ1v) is 18.2. The topological polar surface area (TPSA) is 239 Å². The van der Waals surface area contributed by atoms with E-state index in [2.05, 4.69) is 52.6 Å². The van der Waals surface area contributed by atoms with Gasteiger partial charge in [-0.3, -0.25) is 4.55 Å². The van der Waals surface area contributed by atoms with Gasteiger partial charge in [0, 0.05) is 5.57 Å². The Balaban J connectivity index is 2.12. The van der Waals surface area contributed by atoms with Crippen LogP contribution in [-0.4, -0.2) is 124 Å². The zero-order valence-electron chi connectivity index (χ0n) is 30.1. The van der Waals surface area contributed by atoms with Crippen molar-refractivity contribution in [3.8, 4) is 0 Å². The molecule has 2 fully saturated rings. The molecule has 0 radical (unpaired) electrons. The van der Waals surface area contributed by atoms with Crippen molar-refractivity contribution >= 4 is 16.4 Å². The Hall–Kier alpha value is -1.28. The monoisotopic (exact) mass is 728 g/mol. The van der Waals surface area contributed by atoms with E-state index in [0.717, 1.165) is 25.7 Å². The maximum absolute atomic E-state index is 13.1.